The van der Waals surface area contributed by atoms with Gasteiger partial charge in [0.2, 0.25) is 0 Å². The number of rotatable bonds is 38. The van der Waals surface area contributed by atoms with Gasteiger partial charge in [0.05, 0.1) is 66.1 Å². The van der Waals surface area contributed by atoms with Gasteiger partial charge >= 0.3 is 31.3 Å². The molecule has 6 atom stereocenters. The first-order valence-electron chi connectivity index (χ1n) is 31.9. The molecule has 0 aliphatic heterocycles. The van der Waals surface area contributed by atoms with Gasteiger partial charge in [-0.2, -0.15) is 0 Å². The van der Waals surface area contributed by atoms with E-state index in [1.165, 1.54) is 0 Å². The average Bonchev–Trinajstić information content (AvgIpc) is 0.743. The van der Waals surface area contributed by atoms with Crippen LogP contribution in [0.5, 0.6) is 0 Å². The van der Waals surface area contributed by atoms with Crippen LogP contribution in [0.4, 0.5) is 0 Å². The molecule has 0 aromatic heterocycles. The van der Waals surface area contributed by atoms with Crippen LogP contribution in [0.25, 0.3) is 0 Å². The molecule has 10 aromatic carbocycles. The van der Waals surface area contributed by atoms with Crippen LogP contribution in [0, 0.1) is 0 Å². The van der Waals surface area contributed by atoms with Crippen LogP contribution in [-0.4, -0.2) is 36.6 Å². The number of hydrogen-bond donors (Lipinski definition) is 0. The molecule has 0 unspecified atom stereocenters. The van der Waals surface area contributed by atoms with E-state index in [4.69, 9.17) is 63.8 Å². The fourth-order valence-electron chi connectivity index (χ4n) is 10.3. The summed E-state index contributed by atoms with van der Waals surface area (Å²) >= 11 is 0. The molecule has 0 heterocycles. The van der Waals surface area contributed by atoms with E-state index in [0.29, 0.717) is 55.6 Å². The van der Waals surface area contributed by atoms with Crippen molar-refractivity contribution in [3.8, 4) is 0 Å². The first-order valence-corrected chi connectivity index (χ1v) is 37.7. The lowest BCUT2D eigenvalue weighted by Gasteiger charge is -2.50. The van der Waals surface area contributed by atoms with Crippen LogP contribution in [0.2, 0.25) is 0 Å². The Morgan fingerprint density at radius 2 is 0.296 bits per heavy atom. The molecule has 18 nitrogen and oxygen atoms in total. The molecule has 10 aromatic rings. The van der Waals surface area contributed by atoms with Gasteiger partial charge in [0.1, 0.15) is 36.6 Å². The number of ether oxygens (including phenoxy) is 2. The number of benzene rings is 10. The molecule has 0 bridgehead atoms. The summed E-state index contributed by atoms with van der Waals surface area (Å²) < 4.78 is 160. The van der Waals surface area contributed by atoms with Gasteiger partial charge in [-0.1, -0.05) is 303 Å². The molecule has 0 saturated heterocycles. The third kappa shape index (κ3) is 22.3. The van der Waals surface area contributed by atoms with Crippen LogP contribution >= 0.6 is 31.3 Å². The second-order valence-corrected chi connectivity index (χ2v) is 29.2. The fraction of sp³-hybridized carbons (Fsp3) is 0.211. The number of phosphoric acid groups is 4. The highest BCUT2D eigenvalue weighted by Gasteiger charge is 2.62. The van der Waals surface area contributed by atoms with Crippen molar-refractivity contribution in [1.29, 1.82) is 0 Å². The zero-order valence-corrected chi connectivity index (χ0v) is 57.1. The quantitative estimate of drug-likeness (QED) is 0.0331. The van der Waals surface area contributed by atoms with Crippen LogP contribution in [0.15, 0.2) is 303 Å². The van der Waals surface area contributed by atoms with E-state index in [-0.39, 0.29) is 66.1 Å². The van der Waals surface area contributed by atoms with Gasteiger partial charge in [0.15, 0.2) is 0 Å². The minimum Gasteiger partial charge on any atom is -0.368 e. The van der Waals surface area contributed by atoms with Crippen LogP contribution in [-0.2, 0) is 148 Å². The molecule has 1 fully saturated rings. The second-order valence-electron chi connectivity index (χ2n) is 22.7. The third-order valence-electron chi connectivity index (χ3n) is 15.4. The summed E-state index contributed by atoms with van der Waals surface area (Å²) in [5.74, 6) is 0. The Morgan fingerprint density at radius 3 is 0.429 bits per heavy atom. The van der Waals surface area contributed by atoms with Crippen molar-refractivity contribution < 1.29 is 82.0 Å². The lowest BCUT2D eigenvalue weighted by atomic mass is 9.84. The maximum atomic E-state index is 16.5. The SMILES string of the molecule is O=P(OCc1ccccc1)(OCc1ccccc1)O[C@@H]1[C@@H](OCc2ccccc2)[C@H](OP(=O)(OCc2ccccc2)OCc2ccccc2)[C@@H](OP(=O)(OCc2ccccc2)OCc2ccccc2)[C@@H](OCc2ccccc2)[C@H]1OP(=O)(OCc1ccccc1)OCc1ccccc1. The van der Waals surface area contributed by atoms with Crippen molar-refractivity contribution in [2.75, 3.05) is 0 Å². The maximum absolute atomic E-state index is 16.5. The molecule has 1 aliphatic carbocycles. The number of phosphoric ester groups is 4. The summed E-state index contributed by atoms with van der Waals surface area (Å²) in [4.78, 5) is 0. The van der Waals surface area contributed by atoms with E-state index in [0.717, 1.165) is 0 Å². The molecule has 508 valence electrons. The van der Waals surface area contributed by atoms with Crippen LogP contribution in [0.1, 0.15) is 55.6 Å². The molecule has 22 heteroatoms. The monoisotopic (exact) mass is 1400 g/mol. The van der Waals surface area contributed by atoms with Crippen molar-refractivity contribution in [3.63, 3.8) is 0 Å². The molecule has 0 amide bonds. The second kappa shape index (κ2) is 36.6. The Labute approximate surface area is 572 Å². The van der Waals surface area contributed by atoms with E-state index in [1.807, 2.05) is 60.7 Å². The summed E-state index contributed by atoms with van der Waals surface area (Å²) in [6.45, 7) is -3.31. The Bertz CT molecular complexity index is 3450. The zero-order valence-electron chi connectivity index (χ0n) is 53.5. The lowest BCUT2D eigenvalue weighted by Crippen LogP contribution is -2.67. The van der Waals surface area contributed by atoms with Gasteiger partial charge in [0.25, 0.3) is 0 Å². The Balaban J connectivity index is 1.15. The molecule has 1 saturated carbocycles. The predicted octanol–water partition coefficient (Wildman–Crippen LogP) is 18.9. The van der Waals surface area contributed by atoms with Crippen molar-refractivity contribution in [1.82, 2.24) is 0 Å². The highest BCUT2D eigenvalue weighted by molar-refractivity contribution is 7.49. The fourth-order valence-corrected chi connectivity index (χ4v) is 15.7. The Kier molecular flexibility index (Phi) is 26.8. The summed E-state index contributed by atoms with van der Waals surface area (Å²) in [6, 6.07) is 89.5. The Hall–Kier alpha value is -7.44. The lowest BCUT2D eigenvalue weighted by molar-refractivity contribution is -0.240. The molecular formula is C76H76O18P4. The first-order chi connectivity index (χ1) is 47.9. The molecule has 0 spiro atoms. The minimum absolute atomic E-state index is 0.306. The normalized spacial score (nSPS) is 17.5. The molecule has 0 N–H and O–H groups in total. The summed E-state index contributed by atoms with van der Waals surface area (Å²) in [5, 5.41) is 0. The highest BCUT2D eigenvalue weighted by atomic mass is 31.2. The van der Waals surface area contributed by atoms with Gasteiger partial charge in [-0.3, -0.25) is 54.3 Å². The molecular weight excluding hydrogens is 1320 g/mol. The van der Waals surface area contributed by atoms with Crippen molar-refractivity contribution in [2.24, 2.45) is 0 Å². The van der Waals surface area contributed by atoms with Crippen LogP contribution in [0.3, 0.4) is 0 Å². The van der Waals surface area contributed by atoms with E-state index in [2.05, 4.69) is 0 Å². The molecule has 1 aliphatic rings. The number of hydrogen-bond acceptors (Lipinski definition) is 18. The topological polar surface area (TPSA) is 197 Å². The highest BCUT2D eigenvalue weighted by Crippen LogP contribution is 2.63. The van der Waals surface area contributed by atoms with Gasteiger partial charge in [-0.05, 0) is 55.6 Å². The van der Waals surface area contributed by atoms with E-state index in [9.17, 15) is 0 Å². The first kappa shape index (κ1) is 71.8. The standard InChI is InChI=1S/C76H76O18P4/c77-95(83-53-63-35-15-3-16-36-63,84-54-64-37-17-4-18-38-64)91-73-71(81-51-61-31-11-1-12-32-61)74(92-96(78,85-55-65-39-19-5-20-40-65)86-56-66-41-21-6-22-42-66)76(94-98(80,89-59-69-47-27-9-28-48-69)90-60-70-49-29-10-30-50-70)72(82-52-62-33-13-2-14-34-62)75(73)93-97(79,87-57-67-43-23-7-24-44-67)88-58-68-45-25-8-26-46-68/h1-50,71-76H,51-60H2/t71-,72+,73-,74+,75-,76+. The summed E-state index contributed by atoms with van der Waals surface area (Å²) in [7, 11) is -20.5. The Morgan fingerprint density at radius 1 is 0.173 bits per heavy atom. The van der Waals surface area contributed by atoms with Gasteiger partial charge in [0, 0.05) is 0 Å². The van der Waals surface area contributed by atoms with Crippen molar-refractivity contribution in [3.05, 3.63) is 359 Å². The smallest absolute Gasteiger partial charge is 0.368 e. The zero-order chi connectivity index (χ0) is 67.6. The van der Waals surface area contributed by atoms with Crippen LogP contribution < -0.4 is 0 Å². The predicted molar refractivity (Wildman–Crippen MR) is 370 cm³/mol. The van der Waals surface area contributed by atoms with E-state index < -0.39 is 67.9 Å². The van der Waals surface area contributed by atoms with Gasteiger partial charge in [-0.15, -0.1) is 0 Å². The van der Waals surface area contributed by atoms with Crippen molar-refractivity contribution >= 4 is 31.3 Å². The molecule has 11 rings (SSSR count). The van der Waals surface area contributed by atoms with E-state index in [1.54, 1.807) is 243 Å². The largest absolute Gasteiger partial charge is 0.475 e. The van der Waals surface area contributed by atoms with E-state index >= 15 is 18.3 Å². The molecule has 98 heavy (non-hydrogen) atoms. The van der Waals surface area contributed by atoms with Gasteiger partial charge in [-0.25, -0.2) is 18.3 Å². The molecule has 0 radical (unpaired) electrons. The summed E-state index contributed by atoms with van der Waals surface area (Å²) in [6.07, 6.45) is -11.8. The average molecular weight is 1400 g/mol. The maximum Gasteiger partial charge on any atom is 0.475 e. The third-order valence-corrected chi connectivity index (χ3v) is 20.9. The van der Waals surface area contributed by atoms with Gasteiger partial charge < -0.3 is 9.47 Å². The summed E-state index contributed by atoms with van der Waals surface area (Å²) in [5.41, 5.74) is 5.79. The van der Waals surface area contributed by atoms with Crippen molar-refractivity contribution in [2.45, 2.75) is 103 Å². The minimum atomic E-state index is -5.14.